The molecule has 1 atom stereocenters. The molecule has 1 rings (SSSR count). The summed E-state index contributed by atoms with van der Waals surface area (Å²) < 4.78 is 27.5. The second-order valence-corrected chi connectivity index (χ2v) is 6.90. The molecule has 0 spiro atoms. The topological polar surface area (TPSA) is 75.4 Å². The van der Waals surface area contributed by atoms with Crippen LogP contribution in [0.3, 0.4) is 0 Å². The number of nitrogens with two attached hydrogens (primary N) is 1. The Bertz CT molecular complexity index is 541. The second-order valence-electron chi connectivity index (χ2n) is 5.16. The van der Waals surface area contributed by atoms with Gasteiger partial charge in [-0.3, -0.25) is 0 Å². The lowest BCUT2D eigenvalue weighted by Crippen LogP contribution is -2.38. The Morgan fingerprint density at radius 1 is 1.35 bits per heavy atom. The Morgan fingerprint density at radius 3 is 2.50 bits per heavy atom. The highest BCUT2D eigenvalue weighted by Gasteiger charge is 2.19. The average molecular weight is 299 g/mol. The maximum atomic E-state index is 12.4. The van der Waals surface area contributed by atoms with Gasteiger partial charge in [-0.15, -0.1) is 0 Å². The van der Waals surface area contributed by atoms with Gasteiger partial charge >= 0.3 is 0 Å². The van der Waals surface area contributed by atoms with Gasteiger partial charge in [-0.05, 0) is 44.6 Å². The van der Waals surface area contributed by atoms with Crippen LogP contribution < -0.4 is 10.5 Å². The fourth-order valence-electron chi connectivity index (χ4n) is 1.76. The van der Waals surface area contributed by atoms with E-state index in [0.717, 1.165) is 11.1 Å². The first kappa shape index (κ1) is 17.1. The number of nitrogens with zero attached hydrogens (tertiary/aromatic N) is 1. The SMILES string of the molecule is CCc1ccc(CN)cc1S(=O)(=O)NCC(C)N(C)C. The van der Waals surface area contributed by atoms with Gasteiger partial charge in [-0.2, -0.15) is 0 Å². The highest BCUT2D eigenvalue weighted by atomic mass is 32.2. The third-order valence-electron chi connectivity index (χ3n) is 3.49. The molecule has 3 N–H and O–H groups in total. The van der Waals surface area contributed by atoms with E-state index in [-0.39, 0.29) is 6.04 Å². The number of hydrogen-bond acceptors (Lipinski definition) is 4. The van der Waals surface area contributed by atoms with Crippen LogP contribution in [0, 0.1) is 0 Å². The normalized spacial score (nSPS) is 13.7. The summed E-state index contributed by atoms with van der Waals surface area (Å²) in [7, 11) is 0.348. The zero-order chi connectivity index (χ0) is 15.3. The molecule has 6 heteroatoms. The zero-order valence-corrected chi connectivity index (χ0v) is 13.5. The lowest BCUT2D eigenvalue weighted by atomic mass is 10.1. The minimum atomic E-state index is -3.50. The van der Waals surface area contributed by atoms with Crippen molar-refractivity contribution in [3.8, 4) is 0 Å². The van der Waals surface area contributed by atoms with Crippen LogP contribution in [0.4, 0.5) is 0 Å². The lowest BCUT2D eigenvalue weighted by molar-refractivity contribution is 0.314. The van der Waals surface area contributed by atoms with Gasteiger partial charge in [0.25, 0.3) is 0 Å². The Kier molecular flexibility index (Phi) is 6.13. The highest BCUT2D eigenvalue weighted by molar-refractivity contribution is 7.89. The minimum Gasteiger partial charge on any atom is -0.326 e. The van der Waals surface area contributed by atoms with Crippen molar-refractivity contribution < 1.29 is 8.42 Å². The minimum absolute atomic E-state index is 0.132. The standard InChI is InChI=1S/C14H25N3O2S/c1-5-13-7-6-12(9-15)8-14(13)20(18,19)16-10-11(2)17(3)4/h6-8,11,16H,5,9-10,15H2,1-4H3. The molecule has 0 radical (unpaired) electrons. The van der Waals surface area contributed by atoms with Crippen molar-refractivity contribution in [3.05, 3.63) is 29.3 Å². The number of nitrogens with one attached hydrogen (secondary N) is 1. The number of aryl methyl sites for hydroxylation is 1. The smallest absolute Gasteiger partial charge is 0.240 e. The van der Waals surface area contributed by atoms with Gasteiger partial charge in [-0.25, -0.2) is 13.1 Å². The number of sulfonamides is 1. The van der Waals surface area contributed by atoms with Crippen LogP contribution in [-0.2, 0) is 23.0 Å². The van der Waals surface area contributed by atoms with Crippen LogP contribution in [0.25, 0.3) is 0 Å². The molecule has 0 aromatic heterocycles. The largest absolute Gasteiger partial charge is 0.326 e. The quantitative estimate of drug-likeness (QED) is 0.785. The molecule has 5 nitrogen and oxygen atoms in total. The number of likely N-dealkylation sites (N-methyl/N-ethyl adjacent to an activating group) is 1. The predicted molar refractivity (Wildman–Crippen MR) is 82.0 cm³/mol. The third-order valence-corrected chi connectivity index (χ3v) is 4.99. The van der Waals surface area contributed by atoms with Crippen LogP contribution in [0.1, 0.15) is 25.0 Å². The van der Waals surface area contributed by atoms with Crippen molar-refractivity contribution >= 4 is 10.0 Å². The fraction of sp³-hybridized carbons (Fsp3) is 0.571. The Hall–Kier alpha value is -0.950. The second kappa shape index (κ2) is 7.17. The molecule has 0 aliphatic rings. The molecule has 114 valence electrons. The van der Waals surface area contributed by atoms with Gasteiger partial charge in [0.15, 0.2) is 0 Å². The van der Waals surface area contributed by atoms with Gasteiger partial charge in [-0.1, -0.05) is 19.1 Å². The molecule has 1 unspecified atom stereocenters. The molecule has 0 amide bonds. The van der Waals surface area contributed by atoms with Crippen LogP contribution in [-0.4, -0.2) is 40.0 Å². The van der Waals surface area contributed by atoms with E-state index in [1.165, 1.54) is 0 Å². The summed E-state index contributed by atoms with van der Waals surface area (Å²) in [5.41, 5.74) is 7.23. The molecule has 1 aromatic rings. The zero-order valence-electron chi connectivity index (χ0n) is 12.7. The fourth-order valence-corrected chi connectivity index (χ4v) is 3.24. The molecular formula is C14H25N3O2S. The maximum absolute atomic E-state index is 12.4. The van der Waals surface area contributed by atoms with Crippen molar-refractivity contribution in [2.24, 2.45) is 5.73 Å². The van der Waals surface area contributed by atoms with E-state index >= 15 is 0 Å². The van der Waals surface area contributed by atoms with Crippen molar-refractivity contribution in [3.63, 3.8) is 0 Å². The summed E-state index contributed by atoms with van der Waals surface area (Å²) in [4.78, 5) is 2.31. The summed E-state index contributed by atoms with van der Waals surface area (Å²) in [6, 6.07) is 5.51. The summed E-state index contributed by atoms with van der Waals surface area (Å²) in [6.45, 7) is 4.63. The summed E-state index contributed by atoms with van der Waals surface area (Å²) in [5, 5.41) is 0. The first-order valence-corrected chi connectivity index (χ1v) is 8.28. The molecule has 1 aromatic carbocycles. The molecular weight excluding hydrogens is 274 g/mol. The van der Waals surface area contributed by atoms with Gasteiger partial charge in [0.1, 0.15) is 0 Å². The molecule has 0 fully saturated rings. The molecule has 0 aliphatic heterocycles. The molecule has 0 saturated carbocycles. The summed E-state index contributed by atoms with van der Waals surface area (Å²) >= 11 is 0. The van der Waals surface area contributed by atoms with Crippen LogP contribution in [0.2, 0.25) is 0 Å². The molecule has 0 heterocycles. The number of benzene rings is 1. The van der Waals surface area contributed by atoms with Gasteiger partial charge in [0, 0.05) is 19.1 Å². The number of hydrogen-bond donors (Lipinski definition) is 2. The highest BCUT2D eigenvalue weighted by Crippen LogP contribution is 2.18. The Balaban J connectivity index is 3.02. The van der Waals surface area contributed by atoms with Crippen LogP contribution >= 0.6 is 0 Å². The van der Waals surface area contributed by atoms with E-state index in [4.69, 9.17) is 5.73 Å². The van der Waals surface area contributed by atoms with Crippen molar-refractivity contribution in [2.75, 3.05) is 20.6 Å². The monoisotopic (exact) mass is 299 g/mol. The number of rotatable bonds is 7. The van der Waals surface area contributed by atoms with Gasteiger partial charge < -0.3 is 10.6 Å². The van der Waals surface area contributed by atoms with Crippen LogP contribution in [0.15, 0.2) is 23.1 Å². The molecule has 0 bridgehead atoms. The van der Waals surface area contributed by atoms with Gasteiger partial charge in [0.2, 0.25) is 10.0 Å². The first-order valence-electron chi connectivity index (χ1n) is 6.79. The summed E-state index contributed by atoms with van der Waals surface area (Å²) in [6.07, 6.45) is 0.671. The van der Waals surface area contributed by atoms with Crippen molar-refractivity contribution in [1.82, 2.24) is 9.62 Å². The summed E-state index contributed by atoms with van der Waals surface area (Å²) in [5.74, 6) is 0. The van der Waals surface area contributed by atoms with E-state index in [0.29, 0.717) is 24.4 Å². The Labute approximate surface area is 122 Å². The Morgan fingerprint density at radius 2 is 2.00 bits per heavy atom. The molecule has 20 heavy (non-hydrogen) atoms. The van der Waals surface area contributed by atoms with E-state index in [2.05, 4.69) is 4.72 Å². The van der Waals surface area contributed by atoms with E-state index in [9.17, 15) is 8.42 Å². The lowest BCUT2D eigenvalue weighted by Gasteiger charge is -2.20. The van der Waals surface area contributed by atoms with E-state index < -0.39 is 10.0 Å². The van der Waals surface area contributed by atoms with Crippen molar-refractivity contribution in [1.29, 1.82) is 0 Å². The third kappa shape index (κ3) is 4.28. The van der Waals surface area contributed by atoms with E-state index in [1.807, 2.05) is 45.0 Å². The van der Waals surface area contributed by atoms with Gasteiger partial charge in [0.05, 0.1) is 4.90 Å². The first-order chi connectivity index (χ1) is 9.31. The van der Waals surface area contributed by atoms with Crippen molar-refractivity contribution in [2.45, 2.75) is 37.8 Å². The molecule has 0 aliphatic carbocycles. The predicted octanol–water partition coefficient (Wildman–Crippen LogP) is 0.936. The molecule has 0 saturated heterocycles. The van der Waals surface area contributed by atoms with E-state index in [1.54, 1.807) is 6.07 Å². The average Bonchev–Trinajstić information content (AvgIpc) is 2.43. The van der Waals surface area contributed by atoms with Crippen LogP contribution in [0.5, 0.6) is 0 Å². The maximum Gasteiger partial charge on any atom is 0.240 e.